The molecule has 14 heteroatoms. The number of H-pyrrole nitrogens is 1. The average Bonchev–Trinajstić information content (AvgIpc) is 3.61. The van der Waals surface area contributed by atoms with Gasteiger partial charge in [0.25, 0.3) is 23.3 Å². The third-order valence-corrected chi connectivity index (χ3v) is 8.54. The Bertz CT molecular complexity index is 1430. The lowest BCUT2D eigenvalue weighted by Gasteiger charge is -2.41. The van der Waals surface area contributed by atoms with Crippen LogP contribution in [0, 0.1) is 0 Å². The lowest BCUT2D eigenvalue weighted by Crippen LogP contribution is -2.92. The smallest absolute Gasteiger partial charge is 0.347 e. The molecule has 1 aromatic carbocycles. The Hall–Kier alpha value is -4.30. The van der Waals surface area contributed by atoms with Crippen molar-refractivity contribution in [2.75, 3.05) is 19.7 Å². The Labute approximate surface area is 229 Å². The largest absolute Gasteiger partial charge is 0.492 e. The molecule has 1 unspecified atom stereocenters. The van der Waals surface area contributed by atoms with Gasteiger partial charge in [0.05, 0.1) is 25.3 Å². The molecule has 40 heavy (non-hydrogen) atoms. The minimum Gasteiger partial charge on any atom is -0.492 e. The quantitative estimate of drug-likeness (QED) is 0.128. The van der Waals surface area contributed by atoms with E-state index in [0.29, 0.717) is 23.6 Å². The van der Waals surface area contributed by atoms with Gasteiger partial charge in [-0.2, -0.15) is 0 Å². The maximum absolute atomic E-state index is 13.6. The summed E-state index contributed by atoms with van der Waals surface area (Å²) in [7, 11) is 0. The Kier molecular flexibility index (Phi) is 5.75. The van der Waals surface area contributed by atoms with Crippen LogP contribution in [0.15, 0.2) is 36.5 Å². The molecule has 4 aliphatic heterocycles. The second-order valence-electron chi connectivity index (χ2n) is 11.4. The van der Waals surface area contributed by atoms with E-state index < -0.39 is 35.5 Å². The Morgan fingerprint density at radius 1 is 1.20 bits per heavy atom. The lowest BCUT2D eigenvalue weighted by atomic mass is 9.79. The molecule has 0 saturated carbocycles. The van der Waals surface area contributed by atoms with Crippen LogP contribution in [0.3, 0.4) is 0 Å². The molecule has 212 valence electrons. The molecule has 1 saturated heterocycles. The minimum absolute atomic E-state index is 0.0427. The first-order valence-corrected chi connectivity index (χ1v) is 13.2. The molecule has 14 nitrogen and oxygen atoms in total. The van der Waals surface area contributed by atoms with Gasteiger partial charge >= 0.3 is 11.9 Å². The molecule has 0 radical (unpaired) electrons. The van der Waals surface area contributed by atoms with Crippen LogP contribution in [0.5, 0.6) is 5.75 Å². The van der Waals surface area contributed by atoms with E-state index in [9.17, 15) is 19.8 Å². The van der Waals surface area contributed by atoms with Gasteiger partial charge in [-0.3, -0.25) is 31.4 Å². The summed E-state index contributed by atoms with van der Waals surface area (Å²) in [6, 6.07) is 6.19. The minimum atomic E-state index is -2.55. The molecule has 1 fully saturated rings. The fraction of sp³-hybridized carbons (Fsp3) is 0.462. The monoisotopic (exact) mass is 553 g/mol. The van der Waals surface area contributed by atoms with Crippen LogP contribution in [0.25, 0.3) is 0 Å². The number of ether oxygens (including phenoxy) is 1. The van der Waals surface area contributed by atoms with Crippen molar-refractivity contribution in [2.45, 2.75) is 55.3 Å². The van der Waals surface area contributed by atoms with Crippen molar-refractivity contribution in [2.24, 2.45) is 11.5 Å². The zero-order valence-electron chi connectivity index (χ0n) is 22.2. The van der Waals surface area contributed by atoms with Crippen molar-refractivity contribution in [1.29, 1.82) is 0 Å². The molecular weight excluding hydrogens is 518 g/mol. The van der Waals surface area contributed by atoms with E-state index in [1.165, 1.54) is 0 Å². The summed E-state index contributed by atoms with van der Waals surface area (Å²) in [5, 5.41) is 35.2. The summed E-state index contributed by atoms with van der Waals surface area (Å²) in [6.07, 6.45) is 2.45. The van der Waals surface area contributed by atoms with Gasteiger partial charge in [-0.25, -0.2) is 9.89 Å². The highest BCUT2D eigenvalue weighted by Crippen LogP contribution is 2.41. The number of nitrogens with one attached hydrogen (secondary N) is 6. The third kappa shape index (κ3) is 3.70. The first kappa shape index (κ1) is 26.0. The summed E-state index contributed by atoms with van der Waals surface area (Å²) in [5.74, 6) is -2.68. The summed E-state index contributed by atoms with van der Waals surface area (Å²) in [5.41, 5.74) is 12.3. The number of nitrogens with zero attached hydrogens (tertiary/aromatic N) is 1. The summed E-state index contributed by atoms with van der Waals surface area (Å²) in [6.45, 7) is 4.70. The van der Waals surface area contributed by atoms with Gasteiger partial charge in [-0.1, -0.05) is 26.0 Å². The first-order valence-electron chi connectivity index (χ1n) is 13.2. The molecule has 0 aliphatic carbocycles. The molecule has 6 rings (SSSR count). The molecule has 5 heterocycles. The summed E-state index contributed by atoms with van der Waals surface area (Å²) in [4.78, 5) is 32.0. The fourth-order valence-electron chi connectivity index (χ4n) is 6.36. The third-order valence-electron chi connectivity index (χ3n) is 8.54. The highest BCUT2D eigenvalue weighted by atomic mass is 16.5. The highest BCUT2D eigenvalue weighted by Gasteiger charge is 2.78. The van der Waals surface area contributed by atoms with E-state index >= 15 is 0 Å². The average molecular weight is 554 g/mol. The fourth-order valence-corrected chi connectivity index (χ4v) is 6.36. The van der Waals surface area contributed by atoms with Crippen LogP contribution >= 0.6 is 0 Å². The van der Waals surface area contributed by atoms with E-state index in [2.05, 4.69) is 45.1 Å². The zero-order chi connectivity index (χ0) is 28.4. The number of aromatic amines is 1. The van der Waals surface area contributed by atoms with Gasteiger partial charge in [-0.15, -0.1) is 0 Å². The zero-order valence-corrected chi connectivity index (χ0v) is 22.2. The Balaban J connectivity index is 1.28. The van der Waals surface area contributed by atoms with Crippen LogP contribution in [0.2, 0.25) is 0 Å². The molecule has 4 aliphatic rings. The number of aliphatic hydroxyl groups is 2. The maximum atomic E-state index is 13.6. The van der Waals surface area contributed by atoms with E-state index in [-0.39, 0.29) is 36.3 Å². The Morgan fingerprint density at radius 2 is 2.00 bits per heavy atom. The van der Waals surface area contributed by atoms with Gasteiger partial charge in [0.2, 0.25) is 0 Å². The first-order chi connectivity index (χ1) is 19.0. The SMILES string of the molecule is CC1(C)CCOc2c(C(=O)NC3C[N+]4=C(N)N[C@@H](CNC(=O)c5ccc[nH]5)[C@@H]5[NH+]=C(N)N[C@@]54C3(O)O)cccc21. The lowest BCUT2D eigenvalue weighted by molar-refractivity contribution is -0.674. The molecule has 0 bridgehead atoms. The molecule has 2 amide bonds. The van der Waals surface area contributed by atoms with Crippen molar-refractivity contribution >= 4 is 23.7 Å². The van der Waals surface area contributed by atoms with Gasteiger partial charge in [0, 0.05) is 11.8 Å². The number of amides is 2. The van der Waals surface area contributed by atoms with Gasteiger partial charge in [0.1, 0.15) is 23.5 Å². The van der Waals surface area contributed by atoms with Crippen LogP contribution in [0.1, 0.15) is 46.7 Å². The number of rotatable bonds is 5. The number of guanidine groups is 2. The van der Waals surface area contributed by atoms with E-state index in [4.69, 9.17) is 16.2 Å². The topological polar surface area (TPSA) is 217 Å². The van der Waals surface area contributed by atoms with Crippen molar-refractivity contribution in [3.05, 3.63) is 53.3 Å². The number of benzene rings is 1. The maximum Gasteiger partial charge on any atom is 0.347 e. The number of hydrogen-bond acceptors (Lipinski definition) is 9. The molecule has 4 atom stereocenters. The second-order valence-corrected chi connectivity index (χ2v) is 11.4. The second kappa shape index (κ2) is 8.86. The molecule has 12 N–H and O–H groups in total. The number of hydrogen-bond donors (Lipinski definition) is 10. The van der Waals surface area contributed by atoms with E-state index in [1.54, 1.807) is 35.0 Å². The van der Waals surface area contributed by atoms with Crippen LogP contribution in [-0.2, 0) is 5.41 Å². The standard InChI is InChI=1S/C26H33N9O5/c1-24(2)8-10-40-18-13(5-3-6-14(18)24)20(36)32-17-12-35-23(28)31-16(11-30-21(37)15-7-4-9-29-15)19-25(35,26(17,38)39)34-22(27)33-19/h3-7,9,16-17,19,38-39H,8,10-12H2,1-2H3,(H8,27,28,29,30,31,32,33,34,36,37)/p+2/t16-,17?,19-,25-/m0/s1. The molecular formula is C26H35N9O5+2. The predicted molar refractivity (Wildman–Crippen MR) is 142 cm³/mol. The summed E-state index contributed by atoms with van der Waals surface area (Å²) < 4.78 is 7.44. The molecule has 1 spiro atoms. The predicted octanol–water partition coefficient (Wildman–Crippen LogP) is -4.34. The number of aromatic nitrogens is 1. The number of carbonyl (C=O) groups excluding carboxylic acids is 2. The van der Waals surface area contributed by atoms with Gasteiger partial charge < -0.3 is 30.6 Å². The van der Waals surface area contributed by atoms with Crippen LogP contribution < -0.4 is 42.5 Å². The number of carbonyl (C=O) groups is 2. The van der Waals surface area contributed by atoms with Gasteiger partial charge in [-0.05, 0) is 30.0 Å². The number of fused-ring (bicyclic) bond motifs is 1. The number of nitrogens with two attached hydrogens (primary N) is 2. The normalized spacial score (nSPS) is 29.1. The van der Waals surface area contributed by atoms with Crippen LogP contribution in [-0.4, -0.2) is 92.8 Å². The Morgan fingerprint density at radius 3 is 2.75 bits per heavy atom. The molecule has 2 aromatic rings. The van der Waals surface area contributed by atoms with Crippen molar-refractivity contribution in [3.63, 3.8) is 0 Å². The van der Waals surface area contributed by atoms with E-state index in [0.717, 1.165) is 12.0 Å². The van der Waals surface area contributed by atoms with Gasteiger partial charge in [0.15, 0.2) is 6.04 Å². The van der Waals surface area contributed by atoms with Crippen molar-refractivity contribution in [1.82, 2.24) is 26.3 Å². The summed E-state index contributed by atoms with van der Waals surface area (Å²) >= 11 is 0. The van der Waals surface area contributed by atoms with Crippen molar-refractivity contribution < 1.29 is 34.1 Å². The highest BCUT2D eigenvalue weighted by molar-refractivity contribution is 5.98. The molecule has 1 aromatic heterocycles. The van der Waals surface area contributed by atoms with Crippen LogP contribution in [0.4, 0.5) is 0 Å². The number of para-hydroxylation sites is 1. The van der Waals surface area contributed by atoms with Crippen molar-refractivity contribution in [3.8, 4) is 5.75 Å². The van der Waals surface area contributed by atoms with E-state index in [1.807, 2.05) is 6.07 Å².